The molecule has 0 aliphatic carbocycles. The predicted molar refractivity (Wildman–Crippen MR) is 92.0 cm³/mol. The van der Waals surface area contributed by atoms with E-state index in [1.165, 1.54) is 5.56 Å². The molecule has 0 saturated carbocycles. The number of alkyl halides is 1. The third-order valence-corrected chi connectivity index (χ3v) is 4.44. The summed E-state index contributed by atoms with van der Waals surface area (Å²) in [5, 5.41) is -0.129. The van der Waals surface area contributed by atoms with Crippen LogP contribution in [0.1, 0.15) is 36.7 Å². The fraction of sp³-hybridized carbons (Fsp3) is 0.235. The van der Waals surface area contributed by atoms with E-state index < -0.39 is 0 Å². The minimum Gasteiger partial charge on any atom is -0.319 e. The van der Waals surface area contributed by atoms with Gasteiger partial charge in [-0.15, -0.1) is 11.6 Å². The van der Waals surface area contributed by atoms with E-state index in [-0.39, 0.29) is 11.4 Å². The zero-order valence-corrected chi connectivity index (χ0v) is 14.3. The Morgan fingerprint density at radius 1 is 1.05 bits per heavy atom. The summed E-state index contributed by atoms with van der Waals surface area (Å²) in [5.41, 5.74) is 3.35. The Hall–Kier alpha value is -1.32. The van der Waals surface area contributed by atoms with Gasteiger partial charge in [0.25, 0.3) is 0 Å². The molecule has 2 atom stereocenters. The standard InChI is InChI=1S/C17H16BrClN2/c1-11(19)17-20-15-5-3-4-6-16(15)21(17)12(2)13-7-9-14(18)10-8-13/h3-12H,1-2H3. The van der Waals surface area contributed by atoms with Gasteiger partial charge in [-0.25, -0.2) is 4.98 Å². The maximum absolute atomic E-state index is 6.35. The number of para-hydroxylation sites is 2. The van der Waals surface area contributed by atoms with Crippen molar-refractivity contribution in [2.45, 2.75) is 25.3 Å². The molecule has 108 valence electrons. The first-order chi connectivity index (χ1) is 10.1. The Labute approximate surface area is 137 Å². The molecule has 0 fully saturated rings. The van der Waals surface area contributed by atoms with Crippen LogP contribution in [0.3, 0.4) is 0 Å². The summed E-state index contributed by atoms with van der Waals surface area (Å²) in [4.78, 5) is 4.70. The number of hydrogen-bond donors (Lipinski definition) is 0. The minimum atomic E-state index is -0.129. The summed E-state index contributed by atoms with van der Waals surface area (Å²) in [6, 6.07) is 16.7. The van der Waals surface area contributed by atoms with Gasteiger partial charge in [0, 0.05) is 4.47 Å². The molecule has 0 aliphatic rings. The van der Waals surface area contributed by atoms with Gasteiger partial charge >= 0.3 is 0 Å². The highest BCUT2D eigenvalue weighted by atomic mass is 79.9. The quantitative estimate of drug-likeness (QED) is 0.545. The van der Waals surface area contributed by atoms with Crippen LogP contribution >= 0.6 is 27.5 Å². The molecule has 4 heteroatoms. The second-order valence-electron chi connectivity index (χ2n) is 5.17. The lowest BCUT2D eigenvalue weighted by Crippen LogP contribution is -2.11. The Morgan fingerprint density at radius 3 is 2.38 bits per heavy atom. The van der Waals surface area contributed by atoms with Crippen LogP contribution in [0.25, 0.3) is 11.0 Å². The van der Waals surface area contributed by atoms with Crippen molar-refractivity contribution in [3.8, 4) is 0 Å². The summed E-state index contributed by atoms with van der Waals surface area (Å²) in [7, 11) is 0. The third-order valence-electron chi connectivity index (χ3n) is 3.72. The highest BCUT2D eigenvalue weighted by Crippen LogP contribution is 2.31. The molecule has 2 nitrogen and oxygen atoms in total. The second kappa shape index (κ2) is 5.82. The lowest BCUT2D eigenvalue weighted by molar-refractivity contribution is 0.618. The molecule has 2 aromatic carbocycles. The van der Waals surface area contributed by atoms with Gasteiger partial charge in [0.15, 0.2) is 0 Å². The van der Waals surface area contributed by atoms with Crippen molar-refractivity contribution in [2.75, 3.05) is 0 Å². The van der Waals surface area contributed by atoms with Crippen LogP contribution in [0.15, 0.2) is 53.0 Å². The summed E-state index contributed by atoms with van der Waals surface area (Å²) in [6.45, 7) is 4.15. The summed E-state index contributed by atoms with van der Waals surface area (Å²) >= 11 is 9.83. The number of benzene rings is 2. The SMILES string of the molecule is CC(Cl)c1nc2ccccc2n1C(C)c1ccc(Br)cc1. The van der Waals surface area contributed by atoms with Crippen LogP contribution in [0.4, 0.5) is 0 Å². The minimum absolute atomic E-state index is 0.129. The predicted octanol–water partition coefficient (Wildman–Crippen LogP) is 5.71. The molecule has 0 amide bonds. The number of hydrogen-bond acceptors (Lipinski definition) is 1. The van der Waals surface area contributed by atoms with E-state index in [4.69, 9.17) is 16.6 Å². The smallest absolute Gasteiger partial charge is 0.128 e. The third kappa shape index (κ3) is 2.72. The molecule has 0 radical (unpaired) electrons. The molecule has 1 aromatic heterocycles. The highest BCUT2D eigenvalue weighted by molar-refractivity contribution is 9.10. The Kier molecular flexibility index (Phi) is 4.05. The van der Waals surface area contributed by atoms with Crippen LogP contribution < -0.4 is 0 Å². The molecular weight excluding hydrogens is 348 g/mol. The molecule has 2 unspecified atom stereocenters. The number of aromatic nitrogens is 2. The summed E-state index contributed by atoms with van der Waals surface area (Å²) < 4.78 is 3.32. The molecule has 0 spiro atoms. The molecular formula is C17H16BrClN2. The number of nitrogens with zero attached hydrogens (tertiary/aromatic N) is 2. The number of rotatable bonds is 3. The van der Waals surface area contributed by atoms with Crippen molar-refractivity contribution in [2.24, 2.45) is 0 Å². The van der Waals surface area contributed by atoms with Crippen molar-refractivity contribution in [1.82, 2.24) is 9.55 Å². The second-order valence-corrected chi connectivity index (χ2v) is 6.74. The summed E-state index contributed by atoms with van der Waals surface area (Å²) in [6.07, 6.45) is 0. The highest BCUT2D eigenvalue weighted by Gasteiger charge is 2.19. The number of fused-ring (bicyclic) bond motifs is 1. The van der Waals surface area contributed by atoms with E-state index in [1.54, 1.807) is 0 Å². The largest absolute Gasteiger partial charge is 0.319 e. The Morgan fingerprint density at radius 2 is 1.71 bits per heavy atom. The topological polar surface area (TPSA) is 17.8 Å². The van der Waals surface area contributed by atoms with E-state index in [9.17, 15) is 0 Å². The van der Waals surface area contributed by atoms with E-state index in [0.717, 1.165) is 21.3 Å². The van der Waals surface area contributed by atoms with Crippen molar-refractivity contribution >= 4 is 38.6 Å². The summed E-state index contributed by atoms with van der Waals surface area (Å²) in [5.74, 6) is 0.910. The van der Waals surface area contributed by atoms with Gasteiger partial charge < -0.3 is 4.57 Å². The molecule has 0 N–H and O–H groups in total. The van der Waals surface area contributed by atoms with E-state index in [0.29, 0.717) is 0 Å². The maximum Gasteiger partial charge on any atom is 0.128 e. The fourth-order valence-electron chi connectivity index (χ4n) is 2.64. The van der Waals surface area contributed by atoms with Crippen molar-refractivity contribution in [3.63, 3.8) is 0 Å². The first-order valence-corrected chi connectivity index (χ1v) is 8.17. The first kappa shape index (κ1) is 14.6. The molecule has 3 rings (SSSR count). The van der Waals surface area contributed by atoms with Crippen LogP contribution in [0.5, 0.6) is 0 Å². The molecule has 0 bridgehead atoms. The number of imidazole rings is 1. The molecule has 0 aliphatic heterocycles. The molecule has 3 aromatic rings. The average Bonchev–Trinajstić information content (AvgIpc) is 2.87. The molecule has 21 heavy (non-hydrogen) atoms. The van der Waals surface area contributed by atoms with Gasteiger partial charge in [0.2, 0.25) is 0 Å². The van der Waals surface area contributed by atoms with Gasteiger partial charge in [-0.1, -0.05) is 40.2 Å². The van der Waals surface area contributed by atoms with Crippen LogP contribution in [0, 0.1) is 0 Å². The Balaban J connectivity index is 2.17. The van der Waals surface area contributed by atoms with Crippen LogP contribution in [-0.4, -0.2) is 9.55 Å². The zero-order chi connectivity index (χ0) is 15.0. The normalized spacial score (nSPS) is 14.3. The van der Waals surface area contributed by atoms with Crippen molar-refractivity contribution < 1.29 is 0 Å². The van der Waals surface area contributed by atoms with E-state index >= 15 is 0 Å². The van der Waals surface area contributed by atoms with Gasteiger partial charge in [-0.05, 0) is 43.7 Å². The van der Waals surface area contributed by atoms with E-state index in [1.807, 2.05) is 25.1 Å². The van der Waals surface area contributed by atoms with Crippen molar-refractivity contribution in [3.05, 3.63) is 64.4 Å². The maximum atomic E-state index is 6.35. The number of halogens is 2. The van der Waals surface area contributed by atoms with Gasteiger partial charge in [0.1, 0.15) is 5.82 Å². The van der Waals surface area contributed by atoms with Crippen LogP contribution in [-0.2, 0) is 0 Å². The van der Waals surface area contributed by atoms with Gasteiger partial charge in [-0.2, -0.15) is 0 Å². The fourth-order valence-corrected chi connectivity index (χ4v) is 3.06. The van der Waals surface area contributed by atoms with E-state index in [2.05, 4.69) is 57.8 Å². The zero-order valence-electron chi connectivity index (χ0n) is 11.9. The van der Waals surface area contributed by atoms with Gasteiger partial charge in [-0.3, -0.25) is 0 Å². The lowest BCUT2D eigenvalue weighted by atomic mass is 10.1. The molecule has 1 heterocycles. The first-order valence-electron chi connectivity index (χ1n) is 6.94. The monoisotopic (exact) mass is 362 g/mol. The molecule has 0 saturated heterocycles. The van der Waals surface area contributed by atoms with Gasteiger partial charge in [0.05, 0.1) is 22.5 Å². The van der Waals surface area contributed by atoms with Crippen molar-refractivity contribution in [1.29, 1.82) is 0 Å². The Bertz CT molecular complexity index is 762. The lowest BCUT2D eigenvalue weighted by Gasteiger charge is -2.19. The average molecular weight is 364 g/mol. The van der Waals surface area contributed by atoms with Crippen LogP contribution in [0.2, 0.25) is 0 Å².